The third-order valence-corrected chi connectivity index (χ3v) is 9.19. The van der Waals surface area contributed by atoms with Gasteiger partial charge in [-0.2, -0.15) is 0 Å². The van der Waals surface area contributed by atoms with Gasteiger partial charge in [0.05, 0.1) is 24.6 Å². The van der Waals surface area contributed by atoms with Crippen LogP contribution in [-0.2, 0) is 0 Å². The second-order valence-corrected chi connectivity index (χ2v) is 10.1. The van der Waals surface area contributed by atoms with Crippen LogP contribution in [0.3, 0.4) is 0 Å². The minimum absolute atomic E-state index is 0. The monoisotopic (exact) mass is 338 g/mol. The quantitative estimate of drug-likeness (QED) is 0.378. The van der Waals surface area contributed by atoms with Crippen molar-refractivity contribution in [3.8, 4) is 0 Å². The summed E-state index contributed by atoms with van der Waals surface area (Å²) in [4.78, 5) is 0. The lowest BCUT2D eigenvalue weighted by Gasteiger charge is -2.27. The van der Waals surface area contributed by atoms with E-state index in [4.69, 9.17) is 0 Å². The van der Waals surface area contributed by atoms with Gasteiger partial charge in [-0.25, -0.2) is 0 Å². The van der Waals surface area contributed by atoms with Crippen LogP contribution in [-0.4, -0.2) is 24.6 Å². The zero-order valence-corrected chi connectivity index (χ0v) is 15.8. The normalized spacial score (nSPS) is 11.3. The van der Waals surface area contributed by atoms with Crippen molar-refractivity contribution in [2.24, 2.45) is 0 Å². The van der Waals surface area contributed by atoms with Gasteiger partial charge in [-0.05, 0) is 25.7 Å². The van der Waals surface area contributed by atoms with Crippen molar-refractivity contribution >= 4 is 7.26 Å². The molecule has 0 aromatic rings. The van der Waals surface area contributed by atoms with Gasteiger partial charge in [0.15, 0.2) is 0 Å². The second kappa shape index (κ2) is 14.3. The number of hydrogen-bond acceptors (Lipinski definition) is 0. The van der Waals surface area contributed by atoms with E-state index in [0.29, 0.717) is 0 Å². The third-order valence-electron chi connectivity index (χ3n) is 3.87. The molecule has 0 aromatic heterocycles. The number of halogens is 1. The third kappa shape index (κ3) is 9.79. The molecule has 0 rings (SSSR count). The molecule has 0 fully saturated rings. The van der Waals surface area contributed by atoms with Gasteiger partial charge in [-0.3, -0.25) is 0 Å². The Morgan fingerprint density at radius 3 is 1.17 bits per heavy atom. The number of hydrogen-bond donors (Lipinski definition) is 0. The fourth-order valence-corrected chi connectivity index (χ4v) is 8.04. The Balaban J connectivity index is 0. The van der Waals surface area contributed by atoms with Crippen LogP contribution in [0, 0.1) is 0 Å². The van der Waals surface area contributed by atoms with Crippen molar-refractivity contribution in [1.29, 1.82) is 0 Å². The van der Waals surface area contributed by atoms with E-state index in [1.54, 1.807) is 24.6 Å². The minimum atomic E-state index is -0.556. The summed E-state index contributed by atoms with van der Waals surface area (Å²) < 4.78 is 0. The number of rotatable bonds is 12. The molecule has 0 aliphatic rings. The van der Waals surface area contributed by atoms with Crippen molar-refractivity contribution in [1.82, 2.24) is 0 Å². The van der Waals surface area contributed by atoms with Gasteiger partial charge in [-0.1, -0.05) is 53.4 Å². The molecule has 0 radical (unpaired) electrons. The van der Waals surface area contributed by atoms with E-state index in [0.717, 1.165) is 0 Å². The molecule has 0 saturated carbocycles. The van der Waals surface area contributed by atoms with Crippen LogP contribution in [0.15, 0.2) is 0 Å². The standard InChI is InChI=1S/C16H36P.BrH/c1-5-9-11-15-17(13-7-3,14-8-4)16-12-10-6-2;/h5-16H2,1-4H3;1H/q+1;/p-1. The molecule has 0 saturated heterocycles. The Bertz CT molecular complexity index is 141. The van der Waals surface area contributed by atoms with Crippen molar-refractivity contribution in [3.63, 3.8) is 0 Å². The molecule has 0 nitrogen and oxygen atoms in total. The first-order valence-corrected chi connectivity index (χ1v) is 10.6. The maximum Gasteiger partial charge on any atom is 0.0594 e. The first kappa shape index (κ1) is 21.2. The summed E-state index contributed by atoms with van der Waals surface area (Å²) in [6.45, 7) is 9.45. The van der Waals surface area contributed by atoms with E-state index in [2.05, 4.69) is 27.7 Å². The lowest BCUT2D eigenvalue weighted by Crippen LogP contribution is -3.00. The lowest BCUT2D eigenvalue weighted by molar-refractivity contribution is -0.00000406. The van der Waals surface area contributed by atoms with Gasteiger partial charge in [-0.15, -0.1) is 0 Å². The molecule has 0 heterocycles. The summed E-state index contributed by atoms with van der Waals surface area (Å²) in [7, 11) is -0.556. The Labute approximate surface area is 128 Å². The summed E-state index contributed by atoms with van der Waals surface area (Å²) in [6, 6.07) is 0. The van der Waals surface area contributed by atoms with Crippen LogP contribution in [0.5, 0.6) is 0 Å². The highest BCUT2D eigenvalue weighted by atomic mass is 79.9. The maximum absolute atomic E-state index is 2.39. The van der Waals surface area contributed by atoms with E-state index >= 15 is 0 Å². The SMILES string of the molecule is CCCCC[P+](CCC)(CCC)CCCCC.[Br-]. The molecular formula is C16H36BrP. The highest BCUT2D eigenvalue weighted by Gasteiger charge is 2.33. The van der Waals surface area contributed by atoms with Crippen molar-refractivity contribution in [2.75, 3.05) is 24.6 Å². The average Bonchev–Trinajstić information content (AvgIpc) is 2.30. The molecule has 0 aliphatic carbocycles. The topological polar surface area (TPSA) is 0 Å². The Kier molecular flexibility index (Phi) is 16.9. The van der Waals surface area contributed by atoms with Gasteiger partial charge in [0.1, 0.15) is 0 Å². The van der Waals surface area contributed by atoms with Gasteiger partial charge in [0.25, 0.3) is 0 Å². The highest BCUT2D eigenvalue weighted by Crippen LogP contribution is 2.60. The zero-order valence-electron chi connectivity index (χ0n) is 13.3. The molecule has 0 atom stereocenters. The Hall–Kier alpha value is 0.910. The highest BCUT2D eigenvalue weighted by molar-refractivity contribution is 7.75. The van der Waals surface area contributed by atoms with Crippen LogP contribution in [0.25, 0.3) is 0 Å². The van der Waals surface area contributed by atoms with Gasteiger partial charge in [0, 0.05) is 7.26 Å². The van der Waals surface area contributed by atoms with E-state index in [1.165, 1.54) is 51.4 Å². The minimum Gasteiger partial charge on any atom is -1.00 e. The van der Waals surface area contributed by atoms with Crippen molar-refractivity contribution in [3.05, 3.63) is 0 Å². The molecule has 0 spiro atoms. The molecule has 0 unspecified atom stereocenters. The summed E-state index contributed by atoms with van der Waals surface area (Å²) in [6.07, 6.45) is 17.9. The number of unbranched alkanes of at least 4 members (excludes halogenated alkanes) is 4. The zero-order chi connectivity index (χ0) is 13.0. The predicted octanol–water partition coefficient (Wildman–Crippen LogP) is 3.21. The van der Waals surface area contributed by atoms with E-state index < -0.39 is 7.26 Å². The molecular weight excluding hydrogens is 303 g/mol. The van der Waals surface area contributed by atoms with Gasteiger partial charge in [0.2, 0.25) is 0 Å². The van der Waals surface area contributed by atoms with Crippen LogP contribution < -0.4 is 17.0 Å². The van der Waals surface area contributed by atoms with Crippen LogP contribution in [0.4, 0.5) is 0 Å². The molecule has 18 heavy (non-hydrogen) atoms. The fourth-order valence-electron chi connectivity index (χ4n) is 3.01. The summed E-state index contributed by atoms with van der Waals surface area (Å²) in [5.41, 5.74) is 0. The van der Waals surface area contributed by atoms with Crippen molar-refractivity contribution < 1.29 is 17.0 Å². The van der Waals surface area contributed by atoms with E-state index in [-0.39, 0.29) is 17.0 Å². The predicted molar refractivity (Wildman–Crippen MR) is 86.0 cm³/mol. The van der Waals surface area contributed by atoms with E-state index in [9.17, 15) is 0 Å². The van der Waals surface area contributed by atoms with Crippen LogP contribution in [0.2, 0.25) is 0 Å². The largest absolute Gasteiger partial charge is 1.00 e. The van der Waals surface area contributed by atoms with Crippen LogP contribution in [0.1, 0.15) is 79.1 Å². The molecule has 0 amide bonds. The molecule has 0 aromatic carbocycles. The summed E-state index contributed by atoms with van der Waals surface area (Å²) in [5, 5.41) is 0. The lowest BCUT2D eigenvalue weighted by atomic mass is 10.3. The molecule has 2 heteroatoms. The first-order chi connectivity index (χ1) is 8.24. The van der Waals surface area contributed by atoms with E-state index in [1.807, 2.05) is 0 Å². The maximum atomic E-state index is 2.39. The Morgan fingerprint density at radius 1 is 0.500 bits per heavy atom. The van der Waals surface area contributed by atoms with Crippen LogP contribution >= 0.6 is 7.26 Å². The molecule has 0 N–H and O–H groups in total. The first-order valence-electron chi connectivity index (χ1n) is 8.09. The summed E-state index contributed by atoms with van der Waals surface area (Å²) >= 11 is 0. The van der Waals surface area contributed by atoms with Gasteiger partial charge >= 0.3 is 0 Å². The molecule has 0 aliphatic heterocycles. The van der Waals surface area contributed by atoms with Gasteiger partial charge < -0.3 is 17.0 Å². The molecule has 0 bridgehead atoms. The Morgan fingerprint density at radius 2 is 0.889 bits per heavy atom. The average molecular weight is 339 g/mol. The smallest absolute Gasteiger partial charge is 0.0594 e. The second-order valence-electron chi connectivity index (χ2n) is 5.65. The summed E-state index contributed by atoms with van der Waals surface area (Å²) in [5.74, 6) is 0. The fraction of sp³-hybridized carbons (Fsp3) is 1.00. The molecule has 112 valence electrons. The van der Waals surface area contributed by atoms with Crippen molar-refractivity contribution in [2.45, 2.75) is 79.1 Å².